The van der Waals surface area contributed by atoms with Crippen LogP contribution in [0.2, 0.25) is 0 Å². The Morgan fingerprint density at radius 1 is 1.50 bits per heavy atom. The second kappa shape index (κ2) is 11.1. The molecule has 1 rings (SSSR count). The van der Waals surface area contributed by atoms with Crippen molar-refractivity contribution in [3.63, 3.8) is 0 Å². The summed E-state index contributed by atoms with van der Waals surface area (Å²) >= 11 is 0. The second-order valence-corrected chi connectivity index (χ2v) is 2.38. The molecule has 68 valence electrons. The Morgan fingerprint density at radius 2 is 1.92 bits per heavy atom. The van der Waals surface area contributed by atoms with E-state index < -0.39 is 0 Å². The van der Waals surface area contributed by atoms with Gasteiger partial charge in [-0.2, -0.15) is 6.08 Å². The van der Waals surface area contributed by atoms with Crippen molar-refractivity contribution in [3.8, 4) is 0 Å². The van der Waals surface area contributed by atoms with E-state index in [0.717, 1.165) is 13.1 Å². The molecule has 1 aliphatic rings. The molecule has 12 heavy (non-hydrogen) atoms. The maximum atomic E-state index is 3.06. The first kappa shape index (κ1) is 14.6. The molecule has 0 aromatic heterocycles. The molecule has 1 N–H and O–H groups in total. The predicted molar refractivity (Wildman–Crippen MR) is 50.1 cm³/mol. The summed E-state index contributed by atoms with van der Waals surface area (Å²) in [4.78, 5) is 0. The largest absolute Gasteiger partial charge is 2.00 e. The van der Waals surface area contributed by atoms with E-state index in [1.807, 2.05) is 32.9 Å². The van der Waals surface area contributed by atoms with Crippen LogP contribution in [-0.2, 0) is 21.1 Å². The van der Waals surface area contributed by atoms with Crippen LogP contribution in [0.15, 0.2) is 17.7 Å². The number of nitrogens with one attached hydrogen (secondary N) is 1. The van der Waals surface area contributed by atoms with E-state index in [-0.39, 0.29) is 21.1 Å². The summed E-state index contributed by atoms with van der Waals surface area (Å²) in [5.74, 6) is 0. The topological polar surface area (TPSA) is 12.0 Å². The fourth-order valence-corrected chi connectivity index (χ4v) is 0.478. The third kappa shape index (κ3) is 10.1. The average molecular weight is 335 g/mol. The summed E-state index contributed by atoms with van der Waals surface area (Å²) < 4.78 is 0. The molecule has 0 aromatic carbocycles. The molecule has 1 saturated heterocycles. The molecular formula is C10H17NW. The molecule has 0 spiro atoms. The average Bonchev–Trinajstić information content (AvgIpc) is 1.85. The predicted octanol–water partition coefficient (Wildman–Crippen LogP) is 2.12. The first-order valence-electron chi connectivity index (χ1n) is 3.97. The van der Waals surface area contributed by atoms with Gasteiger partial charge in [-0.1, -0.05) is 13.8 Å². The molecule has 1 aliphatic heterocycles. The van der Waals surface area contributed by atoms with Gasteiger partial charge in [0.25, 0.3) is 0 Å². The van der Waals surface area contributed by atoms with Crippen molar-refractivity contribution in [2.45, 2.75) is 20.8 Å². The maximum absolute atomic E-state index is 3.06. The van der Waals surface area contributed by atoms with Gasteiger partial charge in [0.2, 0.25) is 0 Å². The van der Waals surface area contributed by atoms with Crippen molar-refractivity contribution in [1.82, 2.24) is 5.32 Å². The first-order valence-corrected chi connectivity index (χ1v) is 3.97. The monoisotopic (exact) mass is 335 g/mol. The third-order valence-electron chi connectivity index (χ3n) is 1.39. The van der Waals surface area contributed by atoms with Crippen LogP contribution in [0.5, 0.6) is 0 Å². The van der Waals surface area contributed by atoms with E-state index in [0.29, 0.717) is 0 Å². The van der Waals surface area contributed by atoms with Gasteiger partial charge in [0.05, 0.1) is 0 Å². The fraction of sp³-hybridized carbons (Fsp3) is 0.500. The Bertz CT molecular complexity index is 131. The van der Waals surface area contributed by atoms with E-state index in [1.165, 1.54) is 5.57 Å². The van der Waals surface area contributed by atoms with Crippen LogP contribution < -0.4 is 5.32 Å². The molecule has 0 bridgehead atoms. The number of allylic oxidation sites excluding steroid dienone is 4. The molecule has 1 heterocycles. The van der Waals surface area contributed by atoms with Crippen molar-refractivity contribution in [2.24, 2.45) is 0 Å². The molecule has 0 aromatic rings. The second-order valence-electron chi connectivity index (χ2n) is 2.38. The third-order valence-corrected chi connectivity index (χ3v) is 1.39. The summed E-state index contributed by atoms with van der Waals surface area (Å²) in [6.07, 6.45) is 9.22. The van der Waals surface area contributed by atoms with E-state index in [4.69, 9.17) is 0 Å². The Morgan fingerprint density at radius 3 is 2.00 bits per heavy atom. The maximum Gasteiger partial charge on any atom is 2.00 e. The van der Waals surface area contributed by atoms with Crippen LogP contribution >= 0.6 is 0 Å². The van der Waals surface area contributed by atoms with Crippen LogP contribution in [0.1, 0.15) is 20.8 Å². The Labute approximate surface area is 90.6 Å². The summed E-state index contributed by atoms with van der Waals surface area (Å²) in [5, 5.41) is 3.06. The van der Waals surface area contributed by atoms with Gasteiger partial charge >= 0.3 is 21.1 Å². The summed E-state index contributed by atoms with van der Waals surface area (Å²) in [6, 6.07) is 0. The zero-order chi connectivity index (χ0) is 8.53. The van der Waals surface area contributed by atoms with Crippen molar-refractivity contribution in [2.75, 3.05) is 13.1 Å². The van der Waals surface area contributed by atoms with E-state index in [2.05, 4.69) is 17.8 Å². The molecular weight excluding hydrogens is 318 g/mol. The number of hydrogen-bond acceptors (Lipinski definition) is 1. The van der Waals surface area contributed by atoms with E-state index in [9.17, 15) is 0 Å². The van der Waals surface area contributed by atoms with Gasteiger partial charge in [-0.3, -0.25) is 6.08 Å². The van der Waals surface area contributed by atoms with Crippen LogP contribution in [0.3, 0.4) is 0 Å². The van der Waals surface area contributed by atoms with Crippen LogP contribution in [0, 0.1) is 12.5 Å². The van der Waals surface area contributed by atoms with Gasteiger partial charge in [0.15, 0.2) is 0 Å². The van der Waals surface area contributed by atoms with Crippen molar-refractivity contribution < 1.29 is 21.1 Å². The van der Waals surface area contributed by atoms with Gasteiger partial charge in [-0.15, -0.1) is 20.0 Å². The Balaban J connectivity index is 0. The van der Waals surface area contributed by atoms with E-state index in [1.54, 1.807) is 0 Å². The summed E-state index contributed by atoms with van der Waals surface area (Å²) in [6.45, 7) is 8.19. The minimum Gasteiger partial charge on any atom is -0.376 e. The molecule has 2 heteroatoms. The number of hydrogen-bond donors (Lipinski definition) is 1. The standard InChI is InChI=1S/C7H11.C3H6N.W/c1-4-6-7(3)5-2;1-2-4-3-1;/h4,6H,1-3H3;1,4H,2-3H2;/q2*-1;+2/b6-4-;;. The summed E-state index contributed by atoms with van der Waals surface area (Å²) in [5.41, 5.74) is 1.20. The van der Waals surface area contributed by atoms with Gasteiger partial charge in [0.1, 0.15) is 0 Å². The van der Waals surface area contributed by atoms with Gasteiger partial charge in [0, 0.05) is 0 Å². The van der Waals surface area contributed by atoms with Gasteiger partial charge in [-0.25, -0.2) is 11.6 Å². The normalized spacial score (nSPS) is 15.8. The molecule has 1 fully saturated rings. The zero-order valence-electron chi connectivity index (χ0n) is 8.05. The molecule has 0 unspecified atom stereocenters. The Hall–Kier alpha value is 0.128. The van der Waals surface area contributed by atoms with Gasteiger partial charge in [-0.05, 0) is 0 Å². The SMILES string of the molecule is C[C-]=C(C)/C=C\C.[CH-]1CNC1.[W+2]. The van der Waals surface area contributed by atoms with Crippen molar-refractivity contribution in [1.29, 1.82) is 0 Å². The molecule has 0 saturated carbocycles. The zero-order valence-corrected chi connectivity index (χ0v) is 11.0. The van der Waals surface area contributed by atoms with Gasteiger partial charge < -0.3 is 11.7 Å². The first-order chi connectivity index (χ1) is 5.31. The molecule has 0 radical (unpaired) electrons. The summed E-state index contributed by atoms with van der Waals surface area (Å²) in [7, 11) is 0. The minimum absolute atomic E-state index is 0. The molecule has 0 aliphatic carbocycles. The Kier molecular flexibility index (Phi) is 13.6. The van der Waals surface area contributed by atoms with Crippen molar-refractivity contribution >= 4 is 0 Å². The molecule has 1 nitrogen and oxygen atoms in total. The van der Waals surface area contributed by atoms with Crippen LogP contribution in [0.25, 0.3) is 0 Å². The smallest absolute Gasteiger partial charge is 0.376 e. The number of rotatable bonds is 1. The van der Waals surface area contributed by atoms with Crippen LogP contribution in [0.4, 0.5) is 0 Å². The molecule has 0 atom stereocenters. The minimum atomic E-state index is 0. The molecule has 0 amide bonds. The van der Waals surface area contributed by atoms with E-state index >= 15 is 0 Å². The quantitative estimate of drug-likeness (QED) is 0.572. The van der Waals surface area contributed by atoms with Crippen molar-refractivity contribution in [3.05, 3.63) is 30.2 Å². The fourth-order valence-electron chi connectivity index (χ4n) is 0.478. The van der Waals surface area contributed by atoms with Crippen LogP contribution in [-0.4, -0.2) is 13.1 Å².